The lowest BCUT2D eigenvalue weighted by atomic mass is 10.2. The summed E-state index contributed by atoms with van der Waals surface area (Å²) in [5, 5.41) is 5.33. The third-order valence-corrected chi connectivity index (χ3v) is 3.07. The minimum Gasteiger partial charge on any atom is -0.497 e. The molecule has 2 aromatic carbocycles. The number of nitrogens with one attached hydrogen (secondary N) is 2. The summed E-state index contributed by atoms with van der Waals surface area (Å²) in [5.41, 5.74) is 1.46. The highest BCUT2D eigenvalue weighted by Gasteiger charge is 2.08. The van der Waals surface area contributed by atoms with Crippen LogP contribution in [-0.2, 0) is 11.3 Å². The normalized spacial score (nSPS) is 9.86. The van der Waals surface area contributed by atoms with Crippen molar-refractivity contribution in [2.45, 2.75) is 6.54 Å². The standard InChI is InChI=1S/C17H18N2O3/c1-22-15-9-5-8-14(10-15)17(21)19-12-16(20)18-11-13-6-3-2-4-7-13/h2-10H,11-12H2,1H3,(H,18,20)(H,19,21). The molecule has 0 spiro atoms. The molecule has 0 atom stereocenters. The van der Waals surface area contributed by atoms with E-state index in [0.29, 0.717) is 17.9 Å². The van der Waals surface area contributed by atoms with Crippen molar-refractivity contribution in [1.29, 1.82) is 0 Å². The Balaban J connectivity index is 1.79. The van der Waals surface area contributed by atoms with Gasteiger partial charge < -0.3 is 15.4 Å². The molecule has 5 nitrogen and oxygen atoms in total. The fourth-order valence-electron chi connectivity index (χ4n) is 1.89. The van der Waals surface area contributed by atoms with Gasteiger partial charge in [0.2, 0.25) is 5.91 Å². The molecule has 0 unspecified atom stereocenters. The molecule has 0 aliphatic heterocycles. The maximum absolute atomic E-state index is 11.9. The first-order valence-electron chi connectivity index (χ1n) is 6.92. The summed E-state index contributed by atoms with van der Waals surface area (Å²) in [7, 11) is 1.54. The van der Waals surface area contributed by atoms with Gasteiger partial charge in [-0.05, 0) is 23.8 Å². The maximum Gasteiger partial charge on any atom is 0.251 e. The van der Waals surface area contributed by atoms with Crippen LogP contribution in [0.2, 0.25) is 0 Å². The second kappa shape index (κ2) is 7.83. The highest BCUT2D eigenvalue weighted by molar-refractivity contribution is 5.96. The maximum atomic E-state index is 11.9. The van der Waals surface area contributed by atoms with Crippen molar-refractivity contribution < 1.29 is 14.3 Å². The molecule has 2 N–H and O–H groups in total. The Bertz CT molecular complexity index is 641. The molecular formula is C17H18N2O3. The molecule has 0 heterocycles. The predicted molar refractivity (Wildman–Crippen MR) is 83.6 cm³/mol. The van der Waals surface area contributed by atoms with E-state index in [2.05, 4.69) is 10.6 Å². The molecule has 114 valence electrons. The summed E-state index contributed by atoms with van der Waals surface area (Å²) in [6.07, 6.45) is 0. The van der Waals surface area contributed by atoms with Crippen LogP contribution >= 0.6 is 0 Å². The Kier molecular flexibility index (Phi) is 5.54. The van der Waals surface area contributed by atoms with E-state index in [0.717, 1.165) is 5.56 Å². The number of amides is 2. The summed E-state index contributed by atoms with van der Waals surface area (Å²) in [6, 6.07) is 16.4. The quantitative estimate of drug-likeness (QED) is 0.853. The van der Waals surface area contributed by atoms with Gasteiger partial charge in [0.25, 0.3) is 5.91 Å². The van der Waals surface area contributed by atoms with E-state index in [1.807, 2.05) is 30.3 Å². The van der Waals surface area contributed by atoms with E-state index < -0.39 is 0 Å². The SMILES string of the molecule is COc1cccc(C(=O)NCC(=O)NCc2ccccc2)c1. The van der Waals surface area contributed by atoms with Crippen LogP contribution in [0.4, 0.5) is 0 Å². The van der Waals surface area contributed by atoms with Crippen LogP contribution in [0.5, 0.6) is 5.75 Å². The topological polar surface area (TPSA) is 67.4 Å². The smallest absolute Gasteiger partial charge is 0.251 e. The van der Waals surface area contributed by atoms with E-state index in [-0.39, 0.29) is 18.4 Å². The molecule has 0 aliphatic carbocycles. The Labute approximate surface area is 129 Å². The van der Waals surface area contributed by atoms with Crippen LogP contribution < -0.4 is 15.4 Å². The van der Waals surface area contributed by atoms with Gasteiger partial charge in [0, 0.05) is 12.1 Å². The van der Waals surface area contributed by atoms with Gasteiger partial charge in [0.1, 0.15) is 5.75 Å². The summed E-state index contributed by atoms with van der Waals surface area (Å²) < 4.78 is 5.06. The second-order valence-corrected chi connectivity index (χ2v) is 4.68. The number of hydrogen-bond acceptors (Lipinski definition) is 3. The van der Waals surface area contributed by atoms with Gasteiger partial charge in [-0.15, -0.1) is 0 Å². The van der Waals surface area contributed by atoms with Gasteiger partial charge in [-0.3, -0.25) is 9.59 Å². The highest BCUT2D eigenvalue weighted by Crippen LogP contribution is 2.12. The molecule has 22 heavy (non-hydrogen) atoms. The van der Waals surface area contributed by atoms with Gasteiger partial charge in [0.05, 0.1) is 13.7 Å². The zero-order valence-electron chi connectivity index (χ0n) is 12.3. The average Bonchev–Trinajstić information content (AvgIpc) is 2.58. The van der Waals surface area contributed by atoms with Crippen molar-refractivity contribution >= 4 is 11.8 Å². The van der Waals surface area contributed by atoms with Crippen molar-refractivity contribution in [1.82, 2.24) is 10.6 Å². The van der Waals surface area contributed by atoms with Crippen molar-refractivity contribution in [3.8, 4) is 5.75 Å². The van der Waals surface area contributed by atoms with Crippen molar-refractivity contribution in [2.24, 2.45) is 0 Å². The highest BCUT2D eigenvalue weighted by atomic mass is 16.5. The fourth-order valence-corrected chi connectivity index (χ4v) is 1.89. The molecule has 5 heteroatoms. The number of hydrogen-bond donors (Lipinski definition) is 2. The number of benzene rings is 2. The molecule has 2 amide bonds. The molecule has 0 aliphatic rings. The number of rotatable bonds is 6. The molecule has 0 saturated heterocycles. The summed E-state index contributed by atoms with van der Waals surface area (Å²) in [6.45, 7) is 0.373. The molecule has 0 bridgehead atoms. The Morgan fingerprint density at radius 3 is 2.50 bits per heavy atom. The number of carbonyl (C=O) groups is 2. The minimum absolute atomic E-state index is 0.0666. The van der Waals surface area contributed by atoms with Crippen molar-refractivity contribution in [2.75, 3.05) is 13.7 Å². The summed E-state index contributed by atoms with van der Waals surface area (Å²) in [4.78, 5) is 23.7. The van der Waals surface area contributed by atoms with Crippen LogP contribution in [0.1, 0.15) is 15.9 Å². The van der Waals surface area contributed by atoms with E-state index in [1.54, 1.807) is 24.3 Å². The molecule has 2 aromatic rings. The van der Waals surface area contributed by atoms with Gasteiger partial charge in [-0.25, -0.2) is 0 Å². The summed E-state index contributed by atoms with van der Waals surface area (Å²) in [5.74, 6) is 0.0510. The van der Waals surface area contributed by atoms with E-state index >= 15 is 0 Å². The van der Waals surface area contributed by atoms with E-state index in [1.165, 1.54) is 7.11 Å². The first-order valence-corrected chi connectivity index (χ1v) is 6.92. The molecule has 2 rings (SSSR count). The Morgan fingerprint density at radius 2 is 1.77 bits per heavy atom. The number of methoxy groups -OCH3 is 1. The van der Waals surface area contributed by atoms with Gasteiger partial charge in [-0.1, -0.05) is 36.4 Å². The lowest BCUT2D eigenvalue weighted by Crippen LogP contribution is -2.36. The number of ether oxygens (including phenoxy) is 1. The summed E-state index contributed by atoms with van der Waals surface area (Å²) >= 11 is 0. The average molecular weight is 298 g/mol. The zero-order valence-corrected chi connectivity index (χ0v) is 12.3. The lowest BCUT2D eigenvalue weighted by molar-refractivity contribution is -0.120. The monoisotopic (exact) mass is 298 g/mol. The first kappa shape index (κ1) is 15.6. The van der Waals surface area contributed by atoms with Crippen molar-refractivity contribution in [3.05, 3.63) is 65.7 Å². The molecule has 0 aromatic heterocycles. The van der Waals surface area contributed by atoms with Gasteiger partial charge in [-0.2, -0.15) is 0 Å². The molecule has 0 fully saturated rings. The van der Waals surface area contributed by atoms with Gasteiger partial charge >= 0.3 is 0 Å². The zero-order chi connectivity index (χ0) is 15.8. The fraction of sp³-hybridized carbons (Fsp3) is 0.176. The lowest BCUT2D eigenvalue weighted by Gasteiger charge is -2.08. The Hall–Kier alpha value is -2.82. The third kappa shape index (κ3) is 4.63. The predicted octanol–water partition coefficient (Wildman–Crippen LogP) is 1.74. The largest absolute Gasteiger partial charge is 0.497 e. The molecule has 0 radical (unpaired) electrons. The van der Waals surface area contributed by atoms with E-state index in [4.69, 9.17) is 4.74 Å². The van der Waals surface area contributed by atoms with Crippen LogP contribution in [0, 0.1) is 0 Å². The first-order chi connectivity index (χ1) is 10.7. The molecule has 0 saturated carbocycles. The molecular weight excluding hydrogens is 280 g/mol. The second-order valence-electron chi connectivity index (χ2n) is 4.68. The van der Waals surface area contributed by atoms with Crippen LogP contribution in [0.3, 0.4) is 0 Å². The van der Waals surface area contributed by atoms with Crippen LogP contribution in [0.15, 0.2) is 54.6 Å². The minimum atomic E-state index is -0.311. The van der Waals surface area contributed by atoms with E-state index in [9.17, 15) is 9.59 Å². The number of carbonyl (C=O) groups excluding carboxylic acids is 2. The van der Waals surface area contributed by atoms with Crippen LogP contribution in [-0.4, -0.2) is 25.5 Å². The third-order valence-electron chi connectivity index (χ3n) is 3.07. The van der Waals surface area contributed by atoms with Crippen molar-refractivity contribution in [3.63, 3.8) is 0 Å². The van der Waals surface area contributed by atoms with Gasteiger partial charge in [0.15, 0.2) is 0 Å². The Morgan fingerprint density at radius 1 is 1.00 bits per heavy atom. The van der Waals surface area contributed by atoms with Crippen LogP contribution in [0.25, 0.3) is 0 Å².